The molecule has 2 rings (SSSR count). The molecule has 8 nitrogen and oxygen atoms in total. The Morgan fingerprint density at radius 3 is 2.74 bits per heavy atom. The van der Waals surface area contributed by atoms with Crippen molar-refractivity contribution in [3.8, 4) is 0 Å². The fourth-order valence-electron chi connectivity index (χ4n) is 1.99. The molecular formula is C15H28N2O6. The van der Waals surface area contributed by atoms with Gasteiger partial charge in [0.1, 0.15) is 18.1 Å². The van der Waals surface area contributed by atoms with Crippen LogP contribution in [0.15, 0.2) is 16.9 Å². The second-order valence-electron chi connectivity index (χ2n) is 5.29. The summed E-state index contributed by atoms with van der Waals surface area (Å²) in [4.78, 5) is 0. The molecule has 4 N–H and O–H groups in total. The van der Waals surface area contributed by atoms with Gasteiger partial charge in [-0.3, -0.25) is 0 Å². The first-order valence-electron chi connectivity index (χ1n) is 7.84. The maximum absolute atomic E-state index is 9.35. The molecule has 23 heavy (non-hydrogen) atoms. The van der Waals surface area contributed by atoms with Gasteiger partial charge in [0.2, 0.25) is 0 Å². The smallest absolute Gasteiger partial charge is 0.124 e. The number of aliphatic hydroxyl groups excluding tert-OH is 2. The Labute approximate surface area is 136 Å². The third kappa shape index (κ3) is 8.40. The molecule has 0 amide bonds. The summed E-state index contributed by atoms with van der Waals surface area (Å²) in [5.74, 6) is 0.255. The van der Waals surface area contributed by atoms with E-state index in [0.717, 1.165) is 12.1 Å². The van der Waals surface area contributed by atoms with Gasteiger partial charge in [-0.2, -0.15) is 0 Å². The van der Waals surface area contributed by atoms with Gasteiger partial charge in [0.05, 0.1) is 39.1 Å². The van der Waals surface area contributed by atoms with E-state index in [0.29, 0.717) is 39.6 Å². The Kier molecular flexibility index (Phi) is 10.8. The van der Waals surface area contributed by atoms with Gasteiger partial charge in [-0.1, -0.05) is 12.1 Å². The Hall–Kier alpha value is -1.03. The zero-order chi connectivity index (χ0) is 16.9. The SMILES string of the molecule is CC1CCOC(CO)C1O.NCCOCCOCc1ccon1. The molecular weight excluding hydrogens is 304 g/mol. The van der Waals surface area contributed by atoms with Crippen molar-refractivity contribution < 1.29 is 28.9 Å². The second-order valence-corrected chi connectivity index (χ2v) is 5.29. The molecule has 0 saturated carbocycles. The molecule has 1 fully saturated rings. The minimum atomic E-state index is -0.487. The van der Waals surface area contributed by atoms with Crippen LogP contribution in [0.2, 0.25) is 0 Å². The number of rotatable bonds is 8. The van der Waals surface area contributed by atoms with E-state index in [9.17, 15) is 5.11 Å². The standard InChI is InChI=1S/C8H14N2O3.C7H14O3/c9-2-4-11-5-6-12-7-8-1-3-13-10-8;1-5-2-3-10-6(4-8)7(5)9/h1,3H,2,4-7,9H2;5-9H,2-4H2,1H3. The normalized spacial score (nSPS) is 24.1. The van der Waals surface area contributed by atoms with Crippen LogP contribution in [-0.2, 0) is 20.8 Å². The summed E-state index contributed by atoms with van der Waals surface area (Å²) < 4.78 is 20.1. The van der Waals surface area contributed by atoms with Crippen LogP contribution in [0.4, 0.5) is 0 Å². The van der Waals surface area contributed by atoms with Gasteiger partial charge in [0.15, 0.2) is 0 Å². The number of hydrogen-bond donors (Lipinski definition) is 3. The summed E-state index contributed by atoms with van der Waals surface area (Å²) in [7, 11) is 0. The number of ether oxygens (including phenoxy) is 3. The third-order valence-corrected chi connectivity index (χ3v) is 3.42. The highest BCUT2D eigenvalue weighted by Crippen LogP contribution is 2.19. The van der Waals surface area contributed by atoms with Crippen molar-refractivity contribution in [1.82, 2.24) is 5.16 Å². The van der Waals surface area contributed by atoms with Crippen molar-refractivity contribution in [3.63, 3.8) is 0 Å². The molecule has 8 heteroatoms. The molecule has 0 spiro atoms. The maximum atomic E-state index is 9.35. The van der Waals surface area contributed by atoms with Gasteiger partial charge < -0.3 is 34.7 Å². The van der Waals surface area contributed by atoms with Crippen LogP contribution in [0.25, 0.3) is 0 Å². The quantitative estimate of drug-likeness (QED) is 0.566. The lowest BCUT2D eigenvalue weighted by atomic mass is 9.95. The summed E-state index contributed by atoms with van der Waals surface area (Å²) in [6.07, 6.45) is 1.56. The highest BCUT2D eigenvalue weighted by molar-refractivity contribution is 4.92. The molecule has 0 aliphatic carbocycles. The molecule has 0 bridgehead atoms. The number of nitrogens with two attached hydrogens (primary N) is 1. The number of aliphatic hydroxyl groups is 2. The van der Waals surface area contributed by atoms with Crippen LogP contribution < -0.4 is 5.73 Å². The summed E-state index contributed by atoms with van der Waals surface area (Å²) in [5, 5.41) is 21.7. The minimum Gasteiger partial charge on any atom is -0.394 e. The van der Waals surface area contributed by atoms with Crippen molar-refractivity contribution in [2.75, 3.05) is 39.6 Å². The molecule has 134 valence electrons. The van der Waals surface area contributed by atoms with E-state index >= 15 is 0 Å². The minimum absolute atomic E-state index is 0.0779. The zero-order valence-electron chi connectivity index (χ0n) is 13.6. The lowest BCUT2D eigenvalue weighted by Crippen LogP contribution is -2.41. The van der Waals surface area contributed by atoms with Crippen molar-refractivity contribution in [2.45, 2.75) is 32.2 Å². The summed E-state index contributed by atoms with van der Waals surface area (Å²) in [5.41, 5.74) is 6.02. The average molecular weight is 332 g/mol. The molecule has 3 atom stereocenters. The van der Waals surface area contributed by atoms with Crippen molar-refractivity contribution in [3.05, 3.63) is 18.0 Å². The van der Waals surface area contributed by atoms with Crippen LogP contribution in [0, 0.1) is 5.92 Å². The van der Waals surface area contributed by atoms with Crippen molar-refractivity contribution in [1.29, 1.82) is 0 Å². The van der Waals surface area contributed by atoms with Crippen LogP contribution in [-0.4, -0.2) is 67.2 Å². The first-order valence-corrected chi connectivity index (χ1v) is 7.84. The largest absolute Gasteiger partial charge is 0.394 e. The van der Waals surface area contributed by atoms with Crippen molar-refractivity contribution in [2.24, 2.45) is 11.7 Å². The molecule has 1 aliphatic rings. The molecule has 1 saturated heterocycles. The lowest BCUT2D eigenvalue weighted by Gasteiger charge is -2.31. The van der Waals surface area contributed by atoms with Crippen molar-refractivity contribution >= 4 is 0 Å². The molecule has 1 aliphatic heterocycles. The van der Waals surface area contributed by atoms with E-state index in [1.807, 2.05) is 6.92 Å². The predicted octanol–water partition coefficient (Wildman–Crippen LogP) is -0.0689. The van der Waals surface area contributed by atoms with E-state index in [4.69, 9.17) is 25.1 Å². The van der Waals surface area contributed by atoms with Crippen LogP contribution in [0.5, 0.6) is 0 Å². The number of hydrogen-bond acceptors (Lipinski definition) is 8. The highest BCUT2D eigenvalue weighted by Gasteiger charge is 2.28. The van der Waals surface area contributed by atoms with E-state index < -0.39 is 6.10 Å². The highest BCUT2D eigenvalue weighted by atomic mass is 16.5. The molecule has 0 aromatic carbocycles. The van der Waals surface area contributed by atoms with Gasteiger partial charge in [-0.05, 0) is 12.3 Å². The maximum Gasteiger partial charge on any atom is 0.124 e. The lowest BCUT2D eigenvalue weighted by molar-refractivity contribution is -0.118. The van der Waals surface area contributed by atoms with Crippen LogP contribution in [0.3, 0.4) is 0 Å². The molecule has 0 radical (unpaired) electrons. The molecule has 1 aromatic heterocycles. The monoisotopic (exact) mass is 332 g/mol. The van der Waals surface area contributed by atoms with Gasteiger partial charge in [0, 0.05) is 19.2 Å². The summed E-state index contributed by atoms with van der Waals surface area (Å²) >= 11 is 0. The topological polar surface area (TPSA) is 120 Å². The average Bonchev–Trinajstić information content (AvgIpc) is 3.07. The van der Waals surface area contributed by atoms with Crippen LogP contribution in [0.1, 0.15) is 19.0 Å². The fraction of sp³-hybridized carbons (Fsp3) is 0.800. The Balaban J connectivity index is 0.000000238. The Morgan fingerprint density at radius 1 is 1.35 bits per heavy atom. The molecule has 1 aromatic rings. The number of aromatic nitrogens is 1. The van der Waals surface area contributed by atoms with Gasteiger partial charge in [-0.25, -0.2) is 0 Å². The van der Waals surface area contributed by atoms with Gasteiger partial charge >= 0.3 is 0 Å². The Bertz CT molecular complexity index is 376. The van der Waals surface area contributed by atoms with E-state index in [1.54, 1.807) is 6.07 Å². The third-order valence-electron chi connectivity index (χ3n) is 3.42. The Morgan fingerprint density at radius 2 is 2.13 bits per heavy atom. The van der Waals surface area contributed by atoms with E-state index in [-0.39, 0.29) is 18.6 Å². The zero-order valence-corrected chi connectivity index (χ0v) is 13.6. The molecule has 3 unspecified atom stereocenters. The van der Waals surface area contributed by atoms with Gasteiger partial charge in [-0.15, -0.1) is 0 Å². The summed E-state index contributed by atoms with van der Waals surface area (Å²) in [6.45, 7) is 5.24. The van der Waals surface area contributed by atoms with E-state index in [1.165, 1.54) is 6.26 Å². The fourth-order valence-corrected chi connectivity index (χ4v) is 1.99. The summed E-state index contributed by atoms with van der Waals surface area (Å²) in [6, 6.07) is 1.76. The predicted molar refractivity (Wildman–Crippen MR) is 82.6 cm³/mol. The second kappa shape index (κ2) is 12.4. The first kappa shape index (κ1) is 20.0. The van der Waals surface area contributed by atoms with E-state index in [2.05, 4.69) is 9.68 Å². The first-order chi connectivity index (χ1) is 11.2. The molecule has 2 heterocycles. The van der Waals surface area contributed by atoms with Gasteiger partial charge in [0.25, 0.3) is 0 Å². The number of nitrogens with zero attached hydrogens (tertiary/aromatic N) is 1. The van der Waals surface area contributed by atoms with Crippen LogP contribution >= 0.6 is 0 Å².